The number of benzene rings is 1. The smallest absolute Gasteiger partial charge is 0.254 e. The maximum absolute atomic E-state index is 12.5. The standard InChI is InChI=1S/C19H21NO2S/c1-14(21)11-15-5-7-16(8-6-15)18-12-17(13-23-18)19(22)20-9-3-2-4-10-20/h5-8,12-13H,2-4,9-11H2,1H3. The molecular weight excluding hydrogens is 306 g/mol. The minimum absolute atomic E-state index is 0.153. The topological polar surface area (TPSA) is 37.4 Å². The van der Waals surface area contributed by atoms with Crippen molar-refractivity contribution in [2.45, 2.75) is 32.6 Å². The summed E-state index contributed by atoms with van der Waals surface area (Å²) in [7, 11) is 0. The number of nitrogens with zero attached hydrogens (tertiary/aromatic N) is 1. The largest absolute Gasteiger partial charge is 0.339 e. The van der Waals surface area contributed by atoms with Gasteiger partial charge in [-0.3, -0.25) is 9.59 Å². The van der Waals surface area contributed by atoms with Gasteiger partial charge in [0.2, 0.25) is 0 Å². The fraction of sp³-hybridized carbons (Fsp3) is 0.368. The Balaban J connectivity index is 1.73. The maximum atomic E-state index is 12.5. The van der Waals surface area contributed by atoms with Crippen LogP contribution in [0.3, 0.4) is 0 Å². The van der Waals surface area contributed by atoms with E-state index in [0.29, 0.717) is 6.42 Å². The molecule has 0 atom stereocenters. The molecule has 1 amide bonds. The molecule has 1 aromatic carbocycles. The van der Waals surface area contributed by atoms with Crippen LogP contribution < -0.4 is 0 Å². The molecule has 2 aromatic rings. The predicted octanol–water partition coefficient (Wildman–Crippen LogP) is 4.17. The number of carbonyl (C=O) groups is 2. The Kier molecular flexibility index (Phi) is 4.91. The van der Waals surface area contributed by atoms with Gasteiger partial charge < -0.3 is 4.90 Å². The van der Waals surface area contributed by atoms with Crippen molar-refractivity contribution in [2.24, 2.45) is 0 Å². The average molecular weight is 327 g/mol. The van der Waals surface area contributed by atoms with Crippen molar-refractivity contribution in [3.8, 4) is 10.4 Å². The number of hydrogen-bond acceptors (Lipinski definition) is 3. The Bertz CT molecular complexity index is 696. The van der Waals surface area contributed by atoms with Crippen LogP contribution in [0.15, 0.2) is 35.7 Å². The number of hydrogen-bond donors (Lipinski definition) is 0. The minimum Gasteiger partial charge on any atom is -0.339 e. The third kappa shape index (κ3) is 3.88. The Morgan fingerprint density at radius 3 is 2.43 bits per heavy atom. The highest BCUT2D eigenvalue weighted by Crippen LogP contribution is 2.28. The SMILES string of the molecule is CC(=O)Cc1ccc(-c2cc(C(=O)N3CCCCC3)cs2)cc1. The second kappa shape index (κ2) is 7.09. The van der Waals surface area contributed by atoms with E-state index >= 15 is 0 Å². The Labute approximate surface area is 140 Å². The van der Waals surface area contributed by atoms with Crippen molar-refractivity contribution in [2.75, 3.05) is 13.1 Å². The molecule has 3 nitrogen and oxygen atoms in total. The molecule has 3 rings (SSSR count). The average Bonchev–Trinajstić information content (AvgIpc) is 3.05. The van der Waals surface area contributed by atoms with Crippen molar-refractivity contribution in [1.82, 2.24) is 4.90 Å². The van der Waals surface area contributed by atoms with Crippen LogP contribution in [-0.2, 0) is 11.2 Å². The van der Waals surface area contributed by atoms with Crippen LogP contribution in [0.25, 0.3) is 10.4 Å². The lowest BCUT2D eigenvalue weighted by Gasteiger charge is -2.26. The summed E-state index contributed by atoms with van der Waals surface area (Å²) < 4.78 is 0. The van der Waals surface area contributed by atoms with E-state index in [9.17, 15) is 9.59 Å². The first-order chi connectivity index (χ1) is 11.1. The number of likely N-dealkylation sites (tertiary alicyclic amines) is 1. The highest BCUT2D eigenvalue weighted by atomic mass is 32.1. The first-order valence-corrected chi connectivity index (χ1v) is 8.98. The van der Waals surface area contributed by atoms with E-state index in [-0.39, 0.29) is 11.7 Å². The highest BCUT2D eigenvalue weighted by molar-refractivity contribution is 7.13. The summed E-state index contributed by atoms with van der Waals surface area (Å²) in [6, 6.07) is 10.0. The Hall–Kier alpha value is -1.94. The zero-order valence-corrected chi connectivity index (χ0v) is 14.2. The Morgan fingerprint density at radius 1 is 1.09 bits per heavy atom. The lowest BCUT2D eigenvalue weighted by Crippen LogP contribution is -2.35. The van der Waals surface area contributed by atoms with E-state index in [1.54, 1.807) is 18.3 Å². The number of thiophene rings is 1. The molecule has 4 heteroatoms. The van der Waals surface area contributed by atoms with Gasteiger partial charge in [0.15, 0.2) is 0 Å². The molecule has 120 valence electrons. The van der Waals surface area contributed by atoms with Crippen LogP contribution in [-0.4, -0.2) is 29.7 Å². The van der Waals surface area contributed by atoms with Crippen LogP contribution in [0.1, 0.15) is 42.1 Å². The highest BCUT2D eigenvalue weighted by Gasteiger charge is 2.19. The van der Waals surface area contributed by atoms with Crippen molar-refractivity contribution in [1.29, 1.82) is 0 Å². The van der Waals surface area contributed by atoms with Gasteiger partial charge in [-0.1, -0.05) is 24.3 Å². The van der Waals surface area contributed by atoms with Gasteiger partial charge in [-0.05, 0) is 43.4 Å². The van der Waals surface area contributed by atoms with Gasteiger partial charge >= 0.3 is 0 Å². The van der Waals surface area contributed by atoms with Gasteiger partial charge in [0.05, 0.1) is 5.56 Å². The van der Waals surface area contributed by atoms with E-state index in [0.717, 1.165) is 47.5 Å². The molecule has 0 spiro atoms. The molecular formula is C19H21NO2S. The number of carbonyl (C=O) groups excluding carboxylic acids is 2. The summed E-state index contributed by atoms with van der Waals surface area (Å²) in [6.07, 6.45) is 3.93. The third-order valence-corrected chi connectivity index (χ3v) is 5.16. The summed E-state index contributed by atoms with van der Waals surface area (Å²) in [5.41, 5.74) is 2.92. The van der Waals surface area contributed by atoms with Crippen molar-refractivity contribution < 1.29 is 9.59 Å². The van der Waals surface area contributed by atoms with Gasteiger partial charge in [-0.25, -0.2) is 0 Å². The van der Waals surface area contributed by atoms with Crippen LogP contribution in [0, 0.1) is 0 Å². The normalized spacial score (nSPS) is 14.7. The maximum Gasteiger partial charge on any atom is 0.254 e. The fourth-order valence-electron chi connectivity index (χ4n) is 2.95. The zero-order valence-electron chi connectivity index (χ0n) is 13.4. The van der Waals surface area contributed by atoms with Crippen LogP contribution in [0.5, 0.6) is 0 Å². The second-order valence-electron chi connectivity index (χ2n) is 6.13. The summed E-state index contributed by atoms with van der Waals surface area (Å²) in [5, 5.41) is 1.95. The van der Waals surface area contributed by atoms with E-state index in [1.807, 2.05) is 40.6 Å². The lowest BCUT2D eigenvalue weighted by molar-refractivity contribution is -0.116. The van der Waals surface area contributed by atoms with Crippen LogP contribution in [0.2, 0.25) is 0 Å². The van der Waals surface area contributed by atoms with E-state index in [1.165, 1.54) is 6.42 Å². The molecule has 1 aliphatic rings. The van der Waals surface area contributed by atoms with Gasteiger partial charge in [-0.15, -0.1) is 11.3 Å². The second-order valence-corrected chi connectivity index (χ2v) is 7.04. The fourth-order valence-corrected chi connectivity index (χ4v) is 3.84. The first-order valence-electron chi connectivity index (χ1n) is 8.10. The molecule has 2 heterocycles. The summed E-state index contributed by atoms with van der Waals surface area (Å²) in [6.45, 7) is 3.36. The Morgan fingerprint density at radius 2 is 1.78 bits per heavy atom. The van der Waals surface area contributed by atoms with E-state index in [2.05, 4.69) is 0 Å². The van der Waals surface area contributed by atoms with Crippen molar-refractivity contribution in [3.63, 3.8) is 0 Å². The zero-order chi connectivity index (χ0) is 16.2. The number of piperidine rings is 1. The molecule has 1 aromatic heterocycles. The van der Waals surface area contributed by atoms with Crippen LogP contribution in [0.4, 0.5) is 0 Å². The van der Waals surface area contributed by atoms with E-state index < -0.39 is 0 Å². The molecule has 0 aliphatic carbocycles. The third-order valence-electron chi connectivity index (χ3n) is 4.18. The first kappa shape index (κ1) is 15.9. The van der Waals surface area contributed by atoms with Gasteiger partial charge in [0.1, 0.15) is 5.78 Å². The number of ketones is 1. The number of amides is 1. The number of Topliss-reactive ketones (excluding diaryl/α,β-unsaturated/α-hetero) is 1. The monoisotopic (exact) mass is 327 g/mol. The van der Waals surface area contributed by atoms with Crippen molar-refractivity contribution >= 4 is 23.0 Å². The minimum atomic E-state index is 0.153. The molecule has 0 saturated carbocycles. The molecule has 1 aliphatic heterocycles. The lowest BCUT2D eigenvalue weighted by atomic mass is 10.1. The predicted molar refractivity (Wildman–Crippen MR) is 93.9 cm³/mol. The molecule has 1 fully saturated rings. The molecule has 0 unspecified atom stereocenters. The summed E-state index contributed by atoms with van der Waals surface area (Å²) in [5.74, 6) is 0.323. The number of rotatable bonds is 4. The molecule has 23 heavy (non-hydrogen) atoms. The molecule has 1 saturated heterocycles. The van der Waals surface area contributed by atoms with Crippen molar-refractivity contribution in [3.05, 3.63) is 46.8 Å². The summed E-state index contributed by atoms with van der Waals surface area (Å²) in [4.78, 5) is 26.7. The quantitative estimate of drug-likeness (QED) is 0.845. The molecule has 0 radical (unpaired) electrons. The molecule has 0 bridgehead atoms. The van der Waals surface area contributed by atoms with Gasteiger partial charge in [0.25, 0.3) is 5.91 Å². The summed E-state index contributed by atoms with van der Waals surface area (Å²) >= 11 is 1.60. The van der Waals surface area contributed by atoms with Gasteiger partial charge in [0, 0.05) is 29.8 Å². The molecule has 0 N–H and O–H groups in total. The van der Waals surface area contributed by atoms with Gasteiger partial charge in [-0.2, -0.15) is 0 Å². The van der Waals surface area contributed by atoms with E-state index in [4.69, 9.17) is 0 Å². The van der Waals surface area contributed by atoms with Crippen LogP contribution >= 0.6 is 11.3 Å².